The summed E-state index contributed by atoms with van der Waals surface area (Å²) in [6.45, 7) is 18.2. The van der Waals surface area contributed by atoms with Gasteiger partial charge in [-0.25, -0.2) is 24.5 Å². The maximum absolute atomic E-state index is 12.5. The van der Waals surface area contributed by atoms with Crippen LogP contribution in [0.3, 0.4) is 0 Å². The molecule has 6 heterocycles. The van der Waals surface area contributed by atoms with Crippen LogP contribution in [0.1, 0.15) is 118 Å². The molecule has 0 saturated carbocycles. The predicted octanol–water partition coefficient (Wildman–Crippen LogP) is 6.05. The van der Waals surface area contributed by atoms with Crippen molar-refractivity contribution in [3.05, 3.63) is 141 Å². The molecule has 3 aromatic carbocycles. The van der Waals surface area contributed by atoms with Gasteiger partial charge in [0.15, 0.2) is 0 Å². The van der Waals surface area contributed by atoms with Crippen LogP contribution in [-0.4, -0.2) is 121 Å². The van der Waals surface area contributed by atoms with E-state index in [1.807, 2.05) is 39.0 Å². The molecule has 3 aromatic heterocycles. The number of pyridine rings is 3. The van der Waals surface area contributed by atoms with Gasteiger partial charge in [-0.3, -0.25) is 28.8 Å². The van der Waals surface area contributed by atoms with Gasteiger partial charge >= 0.3 is 49.0 Å². The number of nitrogens with two attached hydrogens (primary N) is 1. The van der Waals surface area contributed by atoms with Gasteiger partial charge in [-0.1, -0.05) is 18.2 Å². The number of ether oxygens (including phenoxy) is 6. The number of nitrogens with one attached hydrogen (secondary N) is 2. The number of carboxylic acids is 2. The smallest absolute Gasteiger partial charge is 0.870 e. The zero-order chi connectivity index (χ0) is 66.3. The molecule has 0 bridgehead atoms. The minimum absolute atomic E-state index is 0. The summed E-state index contributed by atoms with van der Waals surface area (Å²) in [7, 11) is 0. The second kappa shape index (κ2) is 35.8. The number of rotatable bonds is 18. The molecule has 0 spiro atoms. The number of anilines is 3. The van der Waals surface area contributed by atoms with E-state index >= 15 is 0 Å². The summed E-state index contributed by atoms with van der Waals surface area (Å²) in [5, 5.41) is 23.6. The van der Waals surface area contributed by atoms with Gasteiger partial charge in [0, 0.05) is 90.9 Å². The Morgan fingerprint density at radius 1 is 0.526 bits per heavy atom. The number of hydrogen-bond donors (Lipinski definition) is 5. The van der Waals surface area contributed by atoms with Crippen molar-refractivity contribution in [1.82, 2.24) is 25.6 Å². The minimum Gasteiger partial charge on any atom is -0.870 e. The number of carbonyl (C=O) groups is 8. The first-order valence-corrected chi connectivity index (χ1v) is 29.5. The molecule has 0 fully saturated rings. The number of aromatic nitrogens is 3. The molecule has 0 atom stereocenters. The van der Waals surface area contributed by atoms with Crippen LogP contribution in [0.4, 0.5) is 26.7 Å². The molecular formula is C66H81ClLiN9O18. The van der Waals surface area contributed by atoms with Crippen LogP contribution in [-0.2, 0) is 81.9 Å². The Hall–Kier alpha value is -9.36. The van der Waals surface area contributed by atoms with Gasteiger partial charge in [0.25, 0.3) is 0 Å². The van der Waals surface area contributed by atoms with E-state index in [1.54, 1.807) is 121 Å². The number of carboxylic acid groups (broad SMARTS) is 2. The van der Waals surface area contributed by atoms with Crippen molar-refractivity contribution >= 4 is 77.3 Å². The second-order valence-corrected chi connectivity index (χ2v) is 23.4. The van der Waals surface area contributed by atoms with Crippen LogP contribution in [0.2, 0.25) is 0 Å². The third-order valence-electron chi connectivity index (χ3n) is 13.6. The van der Waals surface area contributed by atoms with Crippen molar-refractivity contribution in [1.29, 1.82) is 0 Å². The zero-order valence-electron chi connectivity index (χ0n) is 55.1. The zero-order valence-corrected chi connectivity index (χ0v) is 55.9. The van der Waals surface area contributed by atoms with Gasteiger partial charge in [-0.05, 0) is 160 Å². The molecular weight excluding hydrogens is 1250 g/mol. The van der Waals surface area contributed by atoms with E-state index in [4.69, 9.17) is 44.4 Å². The van der Waals surface area contributed by atoms with E-state index in [2.05, 4.69) is 25.6 Å². The molecule has 0 radical (unpaired) electrons. The van der Waals surface area contributed by atoms with E-state index in [0.29, 0.717) is 83.5 Å². The number of alkyl carbamates (subject to hydrolysis) is 2. The molecule has 0 aliphatic carbocycles. The van der Waals surface area contributed by atoms with E-state index in [9.17, 15) is 38.4 Å². The van der Waals surface area contributed by atoms with Crippen LogP contribution in [0, 0.1) is 20.8 Å². The number of amides is 5. The van der Waals surface area contributed by atoms with Gasteiger partial charge in [0.05, 0.1) is 23.7 Å². The third-order valence-corrected chi connectivity index (χ3v) is 13.6. The number of esters is 1. The van der Waals surface area contributed by atoms with Crippen LogP contribution < -0.4 is 64.1 Å². The van der Waals surface area contributed by atoms with Gasteiger partial charge in [-0.2, -0.15) is 0 Å². The first kappa shape index (κ1) is 79.9. The number of nitrogens with zero attached hydrogens (tertiary/aromatic N) is 6. The maximum Gasteiger partial charge on any atom is 1.00 e. The Morgan fingerprint density at radius 2 is 0.842 bits per heavy atom. The Kier molecular flexibility index (Phi) is 30.1. The van der Waals surface area contributed by atoms with Crippen molar-refractivity contribution in [2.75, 3.05) is 40.9 Å². The summed E-state index contributed by atoms with van der Waals surface area (Å²) >= 11 is 0. The van der Waals surface area contributed by atoms with E-state index in [0.717, 1.165) is 44.8 Å². The summed E-state index contributed by atoms with van der Waals surface area (Å²) in [5.74, 6) is -0.411. The SMILES string of the molecule is CCOC(=O)CN1C(=O)CCc2c(Oc3cc(CNC(=O)OC(C)(C)C)cc(C)n3)cccc21.Cc1cc(CN)cc(Oc2cccc3c2CCC(=O)N3CC(=O)O)n1.Cc1cc(CNC(=O)OC(C)(C)C)cc(Oc2cccc3c2CCC(=O)N3CC(=O)O)n1.Cl.O.[Li+].[OH-]. The number of aliphatic carboxylic acids is 2. The normalized spacial score (nSPS) is 12.8. The topological polar surface area (TPSA) is 392 Å². The molecule has 5 amide bonds. The number of halogens is 1. The molecule has 3 aliphatic rings. The summed E-state index contributed by atoms with van der Waals surface area (Å²) in [4.78, 5) is 112. The Bertz CT molecular complexity index is 3730. The van der Waals surface area contributed by atoms with Gasteiger partial charge in [0.2, 0.25) is 35.4 Å². The quantitative estimate of drug-likeness (QED) is 0.0371. The van der Waals surface area contributed by atoms with Crippen LogP contribution >= 0.6 is 12.4 Å². The van der Waals surface area contributed by atoms with Gasteiger partial charge in [0.1, 0.15) is 48.1 Å². The molecule has 29 heteroatoms. The van der Waals surface area contributed by atoms with Crippen molar-refractivity contribution in [3.8, 4) is 34.9 Å². The second-order valence-electron chi connectivity index (χ2n) is 23.4. The molecule has 506 valence electrons. The number of aryl methyl sites for hydroxylation is 3. The average molecular weight is 1330 g/mol. The Labute approximate surface area is 568 Å². The van der Waals surface area contributed by atoms with Crippen molar-refractivity contribution in [2.24, 2.45) is 5.73 Å². The molecule has 0 unspecified atom stereocenters. The van der Waals surface area contributed by atoms with Crippen molar-refractivity contribution in [3.63, 3.8) is 0 Å². The molecule has 3 aliphatic heterocycles. The number of carbonyl (C=O) groups excluding carboxylic acids is 6. The Morgan fingerprint density at radius 3 is 1.15 bits per heavy atom. The monoisotopic (exact) mass is 1330 g/mol. The maximum atomic E-state index is 12.5. The number of hydrogen-bond acceptors (Lipinski definition) is 19. The molecule has 27 nitrogen and oxygen atoms in total. The largest absolute Gasteiger partial charge is 1.00 e. The molecule has 95 heavy (non-hydrogen) atoms. The van der Waals surface area contributed by atoms with Crippen molar-refractivity contribution in [2.45, 2.75) is 139 Å². The molecule has 0 saturated heterocycles. The van der Waals surface area contributed by atoms with E-state index in [-0.39, 0.29) is 112 Å². The fraction of sp³-hybridized carbons (Fsp3) is 0.379. The summed E-state index contributed by atoms with van der Waals surface area (Å²) < 4.78 is 33.6. The molecule has 9 rings (SSSR count). The Balaban J connectivity index is 0.000000368. The average Bonchev–Trinajstić information content (AvgIpc) is 0.804. The molecule has 6 aromatic rings. The third kappa shape index (κ3) is 23.6. The van der Waals surface area contributed by atoms with Crippen molar-refractivity contribution < 1.29 is 107 Å². The minimum atomic E-state index is -1.08. The fourth-order valence-electron chi connectivity index (χ4n) is 10.0. The van der Waals surface area contributed by atoms with E-state index < -0.39 is 47.8 Å². The summed E-state index contributed by atoms with van der Waals surface area (Å²) in [6.07, 6.45) is 1.11. The van der Waals surface area contributed by atoms with Crippen LogP contribution in [0.5, 0.6) is 34.9 Å². The first-order chi connectivity index (χ1) is 43.0. The van der Waals surface area contributed by atoms with Crippen LogP contribution in [0.15, 0.2) is 91.0 Å². The van der Waals surface area contributed by atoms with E-state index in [1.165, 1.54) is 14.7 Å². The first-order valence-electron chi connectivity index (χ1n) is 29.5. The number of fused-ring (bicyclic) bond motifs is 3. The summed E-state index contributed by atoms with van der Waals surface area (Å²) in [5.41, 5.74) is 13.4. The van der Waals surface area contributed by atoms with Crippen LogP contribution in [0.25, 0.3) is 0 Å². The van der Waals surface area contributed by atoms with Gasteiger partial charge < -0.3 is 80.7 Å². The predicted molar refractivity (Wildman–Crippen MR) is 347 cm³/mol. The fourth-order valence-corrected chi connectivity index (χ4v) is 10.0. The molecule has 9 N–H and O–H groups in total. The van der Waals surface area contributed by atoms with Gasteiger partial charge in [-0.15, -0.1) is 12.4 Å². The standard InChI is InChI=1S/C25H31N3O6.C23H27N3O6.C18H19N3O4.ClH.Li.2H2O/c1-6-32-23(30)15-28-19-8-7-9-20(18(19)10-11-22(28)29)33-21-13-17(12-16(2)27-21)14-26-24(31)34-25(3,4)5;1-14-10-15(12-24-22(30)32-23(2,3)4)11-19(25-14)31-18-7-5-6-17-16(18)8-9-20(27)26(17)13-21(28)29;1-11-7-12(9-19)8-16(20-11)25-15-4-2-3-14-13(15)5-6-17(22)21(14)10-18(23)24;;;;/h7-9,12-13H,6,10-11,14-15H2,1-5H3,(H,26,31);5-7,10-11H,8-9,12-13H2,1-4H3,(H,24,30)(H,28,29);2-4,7-8H,5-6,9-10,19H2,1H3,(H,23,24);1H;;2*1H2/q;;;;+1;;/p-1. The number of benzene rings is 3. The summed E-state index contributed by atoms with van der Waals surface area (Å²) in [6, 6.07) is 26.6.